The number of hydrogen-bond donors (Lipinski definition) is 1. The average Bonchev–Trinajstić information content (AvgIpc) is 2.98. The summed E-state index contributed by atoms with van der Waals surface area (Å²) in [6.45, 7) is 2.14. The lowest BCUT2D eigenvalue weighted by atomic mass is 10.0. The predicted octanol–water partition coefficient (Wildman–Crippen LogP) is 3.34. The fraction of sp³-hybridized carbons (Fsp3) is 0.333. The van der Waals surface area contributed by atoms with Gasteiger partial charge in [0.1, 0.15) is 6.26 Å². The molecule has 0 aliphatic rings. The van der Waals surface area contributed by atoms with E-state index in [1.54, 1.807) is 18.5 Å². The molecule has 1 N–H and O–H groups in total. The Morgan fingerprint density at radius 1 is 1.47 bits per heavy atom. The molecular formula is C15H18N2O2. The van der Waals surface area contributed by atoms with Crippen LogP contribution in [0.5, 0.6) is 0 Å². The number of nitrogens with one attached hydrogen (secondary N) is 1. The van der Waals surface area contributed by atoms with Crippen molar-refractivity contribution >= 4 is 5.91 Å². The Morgan fingerprint density at radius 2 is 2.37 bits per heavy atom. The van der Waals surface area contributed by atoms with Crippen LogP contribution in [0.2, 0.25) is 0 Å². The molecule has 19 heavy (non-hydrogen) atoms. The van der Waals surface area contributed by atoms with E-state index >= 15 is 0 Å². The summed E-state index contributed by atoms with van der Waals surface area (Å²) >= 11 is 0. The molecule has 0 aromatic carbocycles. The number of amides is 1. The van der Waals surface area contributed by atoms with Crippen LogP contribution in [0.25, 0.3) is 0 Å². The summed E-state index contributed by atoms with van der Waals surface area (Å²) in [5, 5.41) is 3.03. The van der Waals surface area contributed by atoms with Crippen LogP contribution in [-0.4, -0.2) is 10.9 Å². The lowest BCUT2D eigenvalue weighted by molar-refractivity contribution is 0.0933. The first-order valence-electron chi connectivity index (χ1n) is 6.54. The molecule has 0 aliphatic carbocycles. The molecule has 2 heterocycles. The normalized spacial score (nSPS) is 12.1. The second kappa shape index (κ2) is 6.73. The van der Waals surface area contributed by atoms with E-state index in [1.807, 2.05) is 12.1 Å². The number of nitrogens with zero attached hydrogens (tertiary/aromatic N) is 1. The van der Waals surface area contributed by atoms with Gasteiger partial charge < -0.3 is 9.73 Å². The smallest absolute Gasteiger partial charge is 0.255 e. The van der Waals surface area contributed by atoms with E-state index in [1.165, 1.54) is 12.5 Å². The molecule has 4 heteroatoms. The second-order valence-corrected chi connectivity index (χ2v) is 4.47. The van der Waals surface area contributed by atoms with Crippen molar-refractivity contribution in [3.63, 3.8) is 0 Å². The number of hydrogen-bond acceptors (Lipinski definition) is 3. The summed E-state index contributed by atoms with van der Waals surface area (Å²) in [6.07, 6.45) is 9.55. The lowest BCUT2D eigenvalue weighted by Gasteiger charge is -2.18. The standard InChI is InChI=1S/C15H18N2O2/c1-2-3-6-14(12-5-4-8-16-10-12)17-15(18)13-7-9-19-11-13/h4-5,7-11,14H,2-3,6H2,1H3,(H,17,18)/t14-/m0/s1. The molecule has 2 rings (SSSR count). The van der Waals surface area contributed by atoms with E-state index < -0.39 is 0 Å². The highest BCUT2D eigenvalue weighted by Crippen LogP contribution is 2.19. The second-order valence-electron chi connectivity index (χ2n) is 4.47. The summed E-state index contributed by atoms with van der Waals surface area (Å²) < 4.78 is 4.93. The maximum absolute atomic E-state index is 12.1. The lowest BCUT2D eigenvalue weighted by Crippen LogP contribution is -2.28. The SMILES string of the molecule is CCCC[C@H](NC(=O)c1ccoc1)c1cccnc1. The molecular weight excluding hydrogens is 240 g/mol. The van der Waals surface area contributed by atoms with Crippen molar-refractivity contribution in [2.24, 2.45) is 0 Å². The fourth-order valence-electron chi connectivity index (χ4n) is 1.95. The van der Waals surface area contributed by atoms with Crippen LogP contribution in [0.4, 0.5) is 0 Å². The summed E-state index contributed by atoms with van der Waals surface area (Å²) in [5.41, 5.74) is 1.58. The minimum absolute atomic E-state index is 0.00366. The Bertz CT molecular complexity index is 494. The third-order valence-electron chi connectivity index (χ3n) is 3.02. The Hall–Kier alpha value is -2.10. The summed E-state index contributed by atoms with van der Waals surface area (Å²) in [4.78, 5) is 16.2. The van der Waals surface area contributed by atoms with Crippen LogP contribution in [0.15, 0.2) is 47.5 Å². The van der Waals surface area contributed by atoms with Crippen LogP contribution < -0.4 is 5.32 Å². The quantitative estimate of drug-likeness (QED) is 0.864. The van der Waals surface area contributed by atoms with Crippen molar-refractivity contribution in [1.29, 1.82) is 0 Å². The van der Waals surface area contributed by atoms with Crippen LogP contribution in [0.1, 0.15) is 48.1 Å². The van der Waals surface area contributed by atoms with Crippen molar-refractivity contribution in [1.82, 2.24) is 10.3 Å². The highest BCUT2D eigenvalue weighted by Gasteiger charge is 2.16. The van der Waals surface area contributed by atoms with Gasteiger partial charge in [0.05, 0.1) is 17.9 Å². The molecule has 0 bridgehead atoms. The molecule has 0 fully saturated rings. The zero-order valence-corrected chi connectivity index (χ0v) is 11.0. The Balaban J connectivity index is 2.08. The minimum Gasteiger partial charge on any atom is -0.472 e. The summed E-state index contributed by atoms with van der Waals surface area (Å²) in [5.74, 6) is -0.112. The van der Waals surface area contributed by atoms with Crippen molar-refractivity contribution in [2.45, 2.75) is 32.2 Å². The number of furan rings is 1. The van der Waals surface area contributed by atoms with Gasteiger partial charge in [-0.15, -0.1) is 0 Å². The number of pyridine rings is 1. The molecule has 1 atom stereocenters. The third-order valence-corrected chi connectivity index (χ3v) is 3.02. The van der Waals surface area contributed by atoms with Crippen molar-refractivity contribution < 1.29 is 9.21 Å². The van der Waals surface area contributed by atoms with Gasteiger partial charge in [0.15, 0.2) is 0 Å². The molecule has 2 aromatic heterocycles. The van der Waals surface area contributed by atoms with Crippen LogP contribution in [0, 0.1) is 0 Å². The molecule has 100 valence electrons. The van der Waals surface area contributed by atoms with Gasteiger partial charge in [0.2, 0.25) is 0 Å². The molecule has 0 radical (unpaired) electrons. The first kappa shape index (κ1) is 13.3. The summed E-state index contributed by atoms with van der Waals surface area (Å²) in [7, 11) is 0. The number of rotatable bonds is 6. The Morgan fingerprint density at radius 3 is 3.00 bits per heavy atom. The number of carbonyl (C=O) groups excluding carboxylic acids is 1. The van der Waals surface area contributed by atoms with E-state index in [2.05, 4.69) is 17.2 Å². The van der Waals surface area contributed by atoms with E-state index in [0.717, 1.165) is 24.8 Å². The maximum Gasteiger partial charge on any atom is 0.255 e. The average molecular weight is 258 g/mol. The van der Waals surface area contributed by atoms with Gasteiger partial charge in [0.25, 0.3) is 5.91 Å². The van der Waals surface area contributed by atoms with Crippen molar-refractivity contribution in [2.75, 3.05) is 0 Å². The van der Waals surface area contributed by atoms with E-state index in [9.17, 15) is 4.79 Å². The van der Waals surface area contributed by atoms with Crippen LogP contribution in [-0.2, 0) is 0 Å². The Labute approximate surface area is 112 Å². The van der Waals surface area contributed by atoms with E-state index in [-0.39, 0.29) is 11.9 Å². The van der Waals surface area contributed by atoms with Crippen molar-refractivity contribution in [3.05, 3.63) is 54.2 Å². The molecule has 0 saturated heterocycles. The first-order valence-corrected chi connectivity index (χ1v) is 6.54. The van der Waals surface area contributed by atoms with Gasteiger partial charge >= 0.3 is 0 Å². The number of unbranched alkanes of at least 4 members (excludes halogenated alkanes) is 1. The number of aromatic nitrogens is 1. The van der Waals surface area contributed by atoms with Gasteiger partial charge in [-0.1, -0.05) is 25.8 Å². The zero-order chi connectivity index (χ0) is 13.5. The van der Waals surface area contributed by atoms with Crippen LogP contribution in [0.3, 0.4) is 0 Å². The monoisotopic (exact) mass is 258 g/mol. The zero-order valence-electron chi connectivity index (χ0n) is 11.0. The maximum atomic E-state index is 12.1. The summed E-state index contributed by atoms with van der Waals surface area (Å²) in [6, 6.07) is 5.53. The van der Waals surface area contributed by atoms with Gasteiger partial charge in [-0.05, 0) is 24.1 Å². The fourth-order valence-corrected chi connectivity index (χ4v) is 1.95. The molecule has 0 spiro atoms. The number of carbonyl (C=O) groups is 1. The van der Waals surface area contributed by atoms with Crippen LogP contribution >= 0.6 is 0 Å². The van der Waals surface area contributed by atoms with E-state index in [4.69, 9.17) is 4.42 Å². The molecule has 0 aliphatic heterocycles. The van der Waals surface area contributed by atoms with E-state index in [0.29, 0.717) is 5.56 Å². The van der Waals surface area contributed by atoms with Gasteiger partial charge in [-0.25, -0.2) is 0 Å². The Kier molecular flexibility index (Phi) is 4.72. The molecule has 2 aromatic rings. The topological polar surface area (TPSA) is 55.1 Å². The minimum atomic E-state index is -0.112. The highest BCUT2D eigenvalue weighted by molar-refractivity contribution is 5.94. The molecule has 1 amide bonds. The molecule has 0 saturated carbocycles. The molecule has 0 unspecified atom stereocenters. The largest absolute Gasteiger partial charge is 0.472 e. The molecule has 4 nitrogen and oxygen atoms in total. The van der Waals surface area contributed by atoms with Gasteiger partial charge in [-0.3, -0.25) is 9.78 Å². The first-order chi connectivity index (χ1) is 9.31. The van der Waals surface area contributed by atoms with Crippen molar-refractivity contribution in [3.8, 4) is 0 Å². The van der Waals surface area contributed by atoms with Gasteiger partial charge in [-0.2, -0.15) is 0 Å². The third kappa shape index (κ3) is 3.68. The highest BCUT2D eigenvalue weighted by atomic mass is 16.3. The predicted molar refractivity (Wildman–Crippen MR) is 72.7 cm³/mol. The van der Waals surface area contributed by atoms with Gasteiger partial charge in [0, 0.05) is 12.4 Å².